The van der Waals surface area contributed by atoms with Gasteiger partial charge >= 0.3 is 5.97 Å². The minimum atomic E-state index is -0.206. The molecular weight excluding hydrogens is 398 g/mol. The highest BCUT2D eigenvalue weighted by molar-refractivity contribution is 5.70. The molecule has 0 bridgehead atoms. The first-order valence-electron chi connectivity index (χ1n) is 12.2. The van der Waals surface area contributed by atoms with Gasteiger partial charge in [0.2, 0.25) is 0 Å². The largest absolute Gasteiger partial charge is 0.465 e. The third kappa shape index (κ3) is 14.8. The predicted molar refractivity (Wildman–Crippen MR) is 135 cm³/mol. The highest BCUT2D eigenvalue weighted by atomic mass is 16.5. The van der Waals surface area contributed by atoms with Crippen molar-refractivity contribution in [1.29, 1.82) is 5.26 Å². The molecular formula is C27H45N3O2. The molecule has 0 aromatic rings. The van der Waals surface area contributed by atoms with Crippen LogP contribution in [-0.4, -0.2) is 61.6 Å². The van der Waals surface area contributed by atoms with Crippen LogP contribution in [0.15, 0.2) is 48.1 Å². The SMILES string of the molecule is C=CCC(=O)OCC/C=C/CCN1CCN(CCC/C=C(C)\C(C#N)=C/CC)CC1.CC. The summed E-state index contributed by atoms with van der Waals surface area (Å²) < 4.78 is 5.07. The van der Waals surface area contributed by atoms with Crippen LogP contribution in [0.2, 0.25) is 0 Å². The van der Waals surface area contributed by atoms with E-state index in [-0.39, 0.29) is 12.4 Å². The van der Waals surface area contributed by atoms with Crippen LogP contribution in [0.25, 0.3) is 0 Å². The Balaban J connectivity index is 0.00000466. The van der Waals surface area contributed by atoms with Gasteiger partial charge in [-0.25, -0.2) is 0 Å². The van der Waals surface area contributed by atoms with Crippen LogP contribution in [0, 0.1) is 11.3 Å². The fraction of sp³-hybridized carbons (Fsp3) is 0.630. The van der Waals surface area contributed by atoms with Crippen molar-refractivity contribution in [3.05, 3.63) is 48.1 Å². The maximum absolute atomic E-state index is 11.2. The lowest BCUT2D eigenvalue weighted by atomic mass is 10.1. The van der Waals surface area contributed by atoms with Crippen LogP contribution >= 0.6 is 0 Å². The molecule has 0 aliphatic carbocycles. The summed E-state index contributed by atoms with van der Waals surface area (Å²) in [6, 6.07) is 2.29. The van der Waals surface area contributed by atoms with Crippen LogP contribution in [0.1, 0.15) is 66.2 Å². The topological polar surface area (TPSA) is 56.6 Å². The van der Waals surface area contributed by atoms with Crippen LogP contribution < -0.4 is 0 Å². The van der Waals surface area contributed by atoms with Crippen molar-refractivity contribution in [1.82, 2.24) is 9.80 Å². The Morgan fingerprint density at radius 3 is 2.25 bits per heavy atom. The number of rotatable bonds is 14. The third-order valence-corrected chi connectivity index (χ3v) is 5.18. The molecule has 32 heavy (non-hydrogen) atoms. The molecule has 1 rings (SSSR count). The predicted octanol–water partition coefficient (Wildman–Crippen LogP) is 5.67. The van der Waals surface area contributed by atoms with Crippen molar-refractivity contribution in [2.45, 2.75) is 66.2 Å². The first kappa shape index (κ1) is 29.8. The summed E-state index contributed by atoms with van der Waals surface area (Å²) in [5.41, 5.74) is 1.92. The summed E-state index contributed by atoms with van der Waals surface area (Å²) in [6.45, 7) is 18.8. The third-order valence-electron chi connectivity index (χ3n) is 5.18. The highest BCUT2D eigenvalue weighted by Crippen LogP contribution is 2.12. The number of piperazine rings is 1. The molecule has 180 valence electrons. The Bertz CT molecular complexity index is 636. The van der Waals surface area contributed by atoms with E-state index in [0.717, 1.165) is 82.5 Å². The molecule has 1 fully saturated rings. The summed E-state index contributed by atoms with van der Waals surface area (Å²) in [7, 11) is 0. The Hall–Kier alpha value is -2.16. The summed E-state index contributed by atoms with van der Waals surface area (Å²) in [4.78, 5) is 16.3. The second-order valence-corrected chi connectivity index (χ2v) is 7.61. The standard InChI is InChI=1S/C25H39N3O2.C2H6/c1-4-12-24(22-26)23(3)14-8-10-16-28-19-17-27(18-20-28)15-9-6-7-11-21-30-25(29)13-5-2;1-2/h5-7,12,14H,2,4,8-11,13,15-21H2,1,3H3;1-2H3/b7-6+,23-14-,24-12-;. The second kappa shape index (κ2) is 20.7. The van der Waals surface area contributed by atoms with Crippen LogP contribution in [-0.2, 0) is 9.53 Å². The van der Waals surface area contributed by atoms with Crippen molar-refractivity contribution < 1.29 is 9.53 Å². The molecule has 0 spiro atoms. The van der Waals surface area contributed by atoms with E-state index in [0.29, 0.717) is 6.61 Å². The minimum absolute atomic E-state index is 0.206. The van der Waals surface area contributed by atoms with Gasteiger partial charge in [-0.1, -0.05) is 51.2 Å². The molecule has 1 aliphatic heterocycles. The summed E-state index contributed by atoms with van der Waals surface area (Å²) >= 11 is 0. The summed E-state index contributed by atoms with van der Waals surface area (Å²) in [6.07, 6.45) is 15.2. The van der Waals surface area contributed by atoms with E-state index in [1.807, 2.05) is 26.8 Å². The fourth-order valence-corrected chi connectivity index (χ4v) is 3.39. The van der Waals surface area contributed by atoms with Crippen LogP contribution in [0.3, 0.4) is 0 Å². The molecule has 5 nitrogen and oxygen atoms in total. The maximum Gasteiger partial charge on any atom is 0.309 e. The van der Waals surface area contributed by atoms with E-state index in [4.69, 9.17) is 10.00 Å². The lowest BCUT2D eigenvalue weighted by molar-refractivity contribution is -0.142. The van der Waals surface area contributed by atoms with Crippen LogP contribution in [0.4, 0.5) is 0 Å². The van der Waals surface area contributed by atoms with Gasteiger partial charge in [0, 0.05) is 32.7 Å². The molecule has 0 radical (unpaired) electrons. The van der Waals surface area contributed by atoms with Gasteiger partial charge in [-0.05, 0) is 51.1 Å². The molecule has 1 heterocycles. The van der Waals surface area contributed by atoms with E-state index in [9.17, 15) is 4.79 Å². The molecule has 0 saturated carbocycles. The van der Waals surface area contributed by atoms with E-state index in [1.54, 1.807) is 6.08 Å². The van der Waals surface area contributed by atoms with Gasteiger partial charge in [0.15, 0.2) is 0 Å². The summed E-state index contributed by atoms with van der Waals surface area (Å²) in [5, 5.41) is 9.17. The first-order valence-corrected chi connectivity index (χ1v) is 12.2. The minimum Gasteiger partial charge on any atom is -0.465 e. The first-order chi connectivity index (χ1) is 15.6. The van der Waals surface area contributed by atoms with Crippen molar-refractivity contribution in [3.8, 4) is 6.07 Å². The quantitative estimate of drug-likeness (QED) is 0.114. The zero-order chi connectivity index (χ0) is 24.0. The number of esters is 1. The molecule has 0 atom stereocenters. The second-order valence-electron chi connectivity index (χ2n) is 7.61. The number of nitriles is 1. The van der Waals surface area contributed by atoms with E-state index < -0.39 is 0 Å². The van der Waals surface area contributed by atoms with Crippen LogP contribution in [0.5, 0.6) is 0 Å². The smallest absolute Gasteiger partial charge is 0.309 e. The zero-order valence-corrected chi connectivity index (χ0v) is 20.9. The van der Waals surface area contributed by atoms with Crippen molar-refractivity contribution in [3.63, 3.8) is 0 Å². The van der Waals surface area contributed by atoms with E-state index >= 15 is 0 Å². The molecule has 0 N–H and O–H groups in total. The Kier molecular flexibility index (Phi) is 19.3. The Morgan fingerprint density at radius 1 is 1.03 bits per heavy atom. The summed E-state index contributed by atoms with van der Waals surface area (Å²) in [5.74, 6) is -0.206. The lowest BCUT2D eigenvalue weighted by Crippen LogP contribution is -2.46. The number of carbonyl (C=O) groups excluding carboxylic acids is 1. The average Bonchev–Trinajstić information content (AvgIpc) is 2.81. The molecule has 0 aromatic carbocycles. The molecule has 5 heteroatoms. The normalized spacial score (nSPS) is 15.7. The molecule has 0 amide bonds. The molecule has 0 aromatic heterocycles. The maximum atomic E-state index is 11.2. The molecule has 0 unspecified atom stereocenters. The Labute approximate surface area is 197 Å². The van der Waals surface area contributed by atoms with Gasteiger partial charge in [-0.3, -0.25) is 4.79 Å². The average molecular weight is 444 g/mol. The number of carbonyl (C=O) groups is 1. The number of nitrogens with zero attached hydrogens (tertiary/aromatic N) is 3. The number of hydrogen-bond donors (Lipinski definition) is 0. The number of unbranched alkanes of at least 4 members (excludes halogenated alkanes) is 1. The van der Waals surface area contributed by atoms with Crippen molar-refractivity contribution in [2.24, 2.45) is 0 Å². The highest BCUT2D eigenvalue weighted by Gasteiger charge is 2.15. The van der Waals surface area contributed by atoms with Gasteiger partial charge in [-0.15, -0.1) is 6.58 Å². The van der Waals surface area contributed by atoms with Gasteiger partial charge in [-0.2, -0.15) is 5.26 Å². The number of hydrogen-bond acceptors (Lipinski definition) is 5. The fourth-order valence-electron chi connectivity index (χ4n) is 3.39. The van der Waals surface area contributed by atoms with E-state index in [2.05, 4.69) is 47.6 Å². The Morgan fingerprint density at radius 2 is 1.66 bits per heavy atom. The molecule has 1 aliphatic rings. The number of allylic oxidation sites excluding steroid dienone is 4. The monoisotopic (exact) mass is 443 g/mol. The van der Waals surface area contributed by atoms with Gasteiger partial charge < -0.3 is 14.5 Å². The van der Waals surface area contributed by atoms with Crippen molar-refractivity contribution >= 4 is 5.97 Å². The lowest BCUT2D eigenvalue weighted by Gasteiger charge is -2.34. The zero-order valence-electron chi connectivity index (χ0n) is 20.9. The molecule has 1 saturated heterocycles. The van der Waals surface area contributed by atoms with E-state index in [1.165, 1.54) is 0 Å². The van der Waals surface area contributed by atoms with Gasteiger partial charge in [0.25, 0.3) is 0 Å². The number of ether oxygens (including phenoxy) is 1. The van der Waals surface area contributed by atoms with Gasteiger partial charge in [0.1, 0.15) is 0 Å². The van der Waals surface area contributed by atoms with Crippen molar-refractivity contribution in [2.75, 3.05) is 45.9 Å². The van der Waals surface area contributed by atoms with Gasteiger partial charge in [0.05, 0.1) is 24.7 Å².